The quantitative estimate of drug-likeness (QED) is 0.594. The molecule has 0 atom stereocenters. The highest BCUT2D eigenvalue weighted by Gasteiger charge is 2.57. The minimum atomic E-state index is -5.82. The molecular weight excluding hydrogens is 286 g/mol. The first kappa shape index (κ1) is 15.4. The second-order valence-corrected chi connectivity index (χ2v) is 3.46. The topological polar surface area (TPSA) is 12.4 Å². The van der Waals surface area contributed by atoms with Crippen molar-refractivity contribution in [2.24, 2.45) is 4.99 Å². The molecule has 9 heteroatoms. The Morgan fingerprint density at radius 1 is 0.947 bits per heavy atom. The Bertz CT molecular complexity index is 468. The van der Waals surface area contributed by atoms with Gasteiger partial charge < -0.3 is 0 Å². The van der Waals surface area contributed by atoms with Crippen molar-refractivity contribution >= 4 is 6.21 Å². The molecule has 0 unspecified atom stereocenters. The van der Waals surface area contributed by atoms with Crippen LogP contribution in [0.3, 0.4) is 0 Å². The van der Waals surface area contributed by atoms with Gasteiger partial charge in [0.1, 0.15) is 24.0 Å². The van der Waals surface area contributed by atoms with Crippen molar-refractivity contribution in [3.8, 4) is 0 Å². The van der Waals surface area contributed by atoms with Gasteiger partial charge in [0, 0.05) is 18.3 Å². The van der Waals surface area contributed by atoms with Gasteiger partial charge >= 0.3 is 12.1 Å². The maximum absolute atomic E-state index is 13.0. The van der Waals surface area contributed by atoms with Crippen molar-refractivity contribution in [2.75, 3.05) is 6.54 Å². The van der Waals surface area contributed by atoms with Crippen LogP contribution < -0.4 is 0 Å². The van der Waals surface area contributed by atoms with E-state index in [-0.39, 0.29) is 18.3 Å². The van der Waals surface area contributed by atoms with Crippen LogP contribution in [-0.4, -0.2) is 24.9 Å². The molecule has 0 aromatic heterocycles. The van der Waals surface area contributed by atoms with E-state index in [9.17, 15) is 35.1 Å². The Kier molecular flexibility index (Phi) is 4.16. The summed E-state index contributed by atoms with van der Waals surface area (Å²) in [4.78, 5) is 2.63. The first-order valence-electron chi connectivity index (χ1n) is 4.63. The molecule has 0 amide bonds. The highest BCUT2D eigenvalue weighted by atomic mass is 19.4. The highest BCUT2D eigenvalue weighted by Crippen LogP contribution is 2.35. The summed E-state index contributed by atoms with van der Waals surface area (Å²) in [7, 11) is 0. The minimum Gasteiger partial charge on any atom is -0.286 e. The Balaban J connectivity index is 2.90. The van der Waals surface area contributed by atoms with Crippen LogP contribution in [0.4, 0.5) is 35.1 Å². The number of halogens is 8. The Hall–Kier alpha value is -1.67. The van der Waals surface area contributed by atoms with Crippen LogP contribution in [0.25, 0.3) is 0 Å². The van der Waals surface area contributed by atoms with Gasteiger partial charge in [0.15, 0.2) is 0 Å². The lowest BCUT2D eigenvalue weighted by molar-refractivity contribution is -0.276. The second kappa shape index (κ2) is 5.14. The first-order chi connectivity index (χ1) is 8.54. The molecule has 106 valence electrons. The van der Waals surface area contributed by atoms with Crippen molar-refractivity contribution in [3.63, 3.8) is 0 Å². The van der Waals surface area contributed by atoms with Gasteiger partial charge in [-0.2, -0.15) is 22.0 Å². The number of alkyl halides is 5. The summed E-state index contributed by atoms with van der Waals surface area (Å²) >= 11 is 0. The maximum Gasteiger partial charge on any atom is 0.455 e. The van der Waals surface area contributed by atoms with Gasteiger partial charge in [0.25, 0.3) is 0 Å². The zero-order chi connectivity index (χ0) is 14.8. The number of benzene rings is 1. The van der Waals surface area contributed by atoms with Gasteiger partial charge in [-0.15, -0.1) is 0 Å². The van der Waals surface area contributed by atoms with E-state index < -0.39 is 41.7 Å². The molecule has 1 aromatic rings. The molecule has 0 aliphatic heterocycles. The standard InChI is InChI=1S/C10H5F8N/c11-5-1-7(12)6(8(13)2-5)3-19-4-9(14,15)10(16,17)18/h1-3H,4H2/b19-3-. The normalized spacial score (nSPS) is 13.3. The van der Waals surface area contributed by atoms with Crippen LogP contribution in [0.2, 0.25) is 0 Å². The van der Waals surface area contributed by atoms with Crippen LogP contribution in [0, 0.1) is 17.5 Å². The number of hydrogen-bond donors (Lipinski definition) is 0. The van der Waals surface area contributed by atoms with Gasteiger partial charge in [-0.25, -0.2) is 13.2 Å². The van der Waals surface area contributed by atoms with Gasteiger partial charge in [-0.3, -0.25) is 4.99 Å². The van der Waals surface area contributed by atoms with E-state index in [1.54, 1.807) is 0 Å². The summed E-state index contributed by atoms with van der Waals surface area (Å²) in [5, 5.41) is 0. The molecule has 0 bridgehead atoms. The molecule has 0 aliphatic carbocycles. The molecule has 0 spiro atoms. The number of aliphatic imine (C=N–C) groups is 1. The maximum atomic E-state index is 13.0. The lowest BCUT2D eigenvalue weighted by atomic mass is 10.2. The summed E-state index contributed by atoms with van der Waals surface area (Å²) in [5.74, 6) is -9.29. The summed E-state index contributed by atoms with van der Waals surface area (Å²) < 4.78 is 98.5. The molecule has 1 rings (SSSR count). The predicted molar refractivity (Wildman–Crippen MR) is 49.8 cm³/mol. The summed E-state index contributed by atoms with van der Waals surface area (Å²) in [6.07, 6.45) is -5.66. The average Bonchev–Trinajstić information content (AvgIpc) is 2.20. The van der Waals surface area contributed by atoms with Crippen molar-refractivity contribution in [1.29, 1.82) is 0 Å². The van der Waals surface area contributed by atoms with Crippen molar-refractivity contribution in [1.82, 2.24) is 0 Å². The average molecular weight is 291 g/mol. The van der Waals surface area contributed by atoms with Gasteiger partial charge in [0.2, 0.25) is 0 Å². The molecule has 0 aliphatic rings. The van der Waals surface area contributed by atoms with E-state index in [1.165, 1.54) is 0 Å². The lowest BCUT2D eigenvalue weighted by Crippen LogP contribution is -2.39. The minimum absolute atomic E-state index is 0.157. The van der Waals surface area contributed by atoms with E-state index in [2.05, 4.69) is 4.99 Å². The van der Waals surface area contributed by atoms with E-state index in [0.29, 0.717) is 0 Å². The molecule has 0 heterocycles. The number of nitrogens with zero attached hydrogens (tertiary/aromatic N) is 1. The van der Waals surface area contributed by atoms with E-state index >= 15 is 0 Å². The zero-order valence-corrected chi connectivity index (χ0v) is 8.91. The van der Waals surface area contributed by atoms with E-state index in [1.807, 2.05) is 0 Å². The summed E-state index contributed by atoms with van der Waals surface area (Å²) in [6.45, 7) is -2.02. The van der Waals surface area contributed by atoms with Crippen LogP contribution in [0.15, 0.2) is 17.1 Å². The van der Waals surface area contributed by atoms with Gasteiger partial charge in [0.05, 0.1) is 5.56 Å². The molecule has 0 saturated carbocycles. The molecule has 0 radical (unpaired) electrons. The fourth-order valence-corrected chi connectivity index (χ4v) is 1.02. The van der Waals surface area contributed by atoms with Gasteiger partial charge in [-0.1, -0.05) is 0 Å². The van der Waals surface area contributed by atoms with Crippen LogP contribution >= 0.6 is 0 Å². The number of hydrogen-bond acceptors (Lipinski definition) is 1. The fraction of sp³-hybridized carbons (Fsp3) is 0.300. The highest BCUT2D eigenvalue weighted by molar-refractivity contribution is 5.80. The molecular formula is C10H5F8N. The van der Waals surface area contributed by atoms with Crippen molar-refractivity contribution in [2.45, 2.75) is 12.1 Å². The Labute approximate surface area is 101 Å². The fourth-order valence-electron chi connectivity index (χ4n) is 1.02. The molecule has 0 saturated heterocycles. The van der Waals surface area contributed by atoms with Crippen molar-refractivity contribution < 1.29 is 35.1 Å². The Morgan fingerprint density at radius 2 is 1.42 bits per heavy atom. The van der Waals surface area contributed by atoms with E-state index in [4.69, 9.17) is 0 Å². The number of rotatable bonds is 3. The smallest absolute Gasteiger partial charge is 0.286 e. The molecule has 0 fully saturated rings. The summed E-state index contributed by atoms with van der Waals surface area (Å²) in [5.41, 5.74) is -1.00. The van der Waals surface area contributed by atoms with Gasteiger partial charge in [-0.05, 0) is 0 Å². The third-order valence-electron chi connectivity index (χ3n) is 1.97. The second-order valence-electron chi connectivity index (χ2n) is 3.46. The molecule has 19 heavy (non-hydrogen) atoms. The summed E-state index contributed by atoms with van der Waals surface area (Å²) in [6, 6.07) is 0.485. The molecule has 0 N–H and O–H groups in total. The SMILES string of the molecule is Fc1cc(F)c(/C=N\CC(F)(F)C(F)(F)F)c(F)c1. The third kappa shape index (κ3) is 3.65. The third-order valence-corrected chi connectivity index (χ3v) is 1.97. The zero-order valence-electron chi connectivity index (χ0n) is 8.91. The Morgan fingerprint density at radius 3 is 1.84 bits per heavy atom. The lowest BCUT2D eigenvalue weighted by Gasteiger charge is -2.16. The molecule has 1 aromatic carbocycles. The van der Waals surface area contributed by atoms with Crippen LogP contribution in [0.5, 0.6) is 0 Å². The molecule has 1 nitrogen and oxygen atoms in total. The van der Waals surface area contributed by atoms with Crippen molar-refractivity contribution in [3.05, 3.63) is 35.1 Å². The first-order valence-corrected chi connectivity index (χ1v) is 4.63. The van der Waals surface area contributed by atoms with E-state index in [0.717, 1.165) is 0 Å². The monoisotopic (exact) mass is 291 g/mol. The predicted octanol–water partition coefficient (Wildman–Crippen LogP) is 3.72. The van der Waals surface area contributed by atoms with Crippen LogP contribution in [0.1, 0.15) is 5.56 Å². The largest absolute Gasteiger partial charge is 0.455 e. The van der Waals surface area contributed by atoms with Crippen LogP contribution in [-0.2, 0) is 0 Å².